The van der Waals surface area contributed by atoms with Gasteiger partial charge in [-0.1, -0.05) is 6.07 Å². The minimum absolute atomic E-state index is 0.0714. The summed E-state index contributed by atoms with van der Waals surface area (Å²) >= 11 is 0. The normalized spacial score (nSPS) is 16.9. The fraction of sp³-hybridized carbons (Fsp3) is 0.381. The molecular weight excluding hydrogens is 344 g/mol. The number of piperidine rings is 1. The Balaban J connectivity index is 1.29. The maximum atomic E-state index is 12.3. The predicted molar refractivity (Wildman–Crippen MR) is 102 cm³/mol. The maximum Gasteiger partial charge on any atom is 0.231 e. The van der Waals surface area contributed by atoms with Gasteiger partial charge in [0.25, 0.3) is 0 Å². The molecule has 0 atom stereocenters. The first-order chi connectivity index (χ1) is 13.2. The lowest BCUT2D eigenvalue weighted by atomic mass is 10.1. The van der Waals surface area contributed by atoms with E-state index in [1.54, 1.807) is 0 Å². The summed E-state index contributed by atoms with van der Waals surface area (Å²) in [4.78, 5) is 14.6. The van der Waals surface area contributed by atoms with Gasteiger partial charge >= 0.3 is 0 Å². The summed E-state index contributed by atoms with van der Waals surface area (Å²) in [5.41, 5.74) is 1.65. The van der Waals surface area contributed by atoms with E-state index in [-0.39, 0.29) is 25.2 Å². The number of anilines is 1. The first-order valence-electron chi connectivity index (χ1n) is 9.29. The number of hydrogen-bond donors (Lipinski definition) is 1. The first kappa shape index (κ1) is 17.7. The van der Waals surface area contributed by atoms with Crippen molar-refractivity contribution in [1.29, 1.82) is 0 Å². The van der Waals surface area contributed by atoms with Gasteiger partial charge in [0, 0.05) is 18.8 Å². The van der Waals surface area contributed by atoms with Crippen LogP contribution in [-0.4, -0.2) is 43.8 Å². The van der Waals surface area contributed by atoms with Crippen molar-refractivity contribution >= 4 is 11.6 Å². The van der Waals surface area contributed by atoms with Gasteiger partial charge in [-0.05, 0) is 61.9 Å². The van der Waals surface area contributed by atoms with E-state index < -0.39 is 0 Å². The van der Waals surface area contributed by atoms with E-state index in [2.05, 4.69) is 17.3 Å². The average Bonchev–Trinajstić information content (AvgIpc) is 3.13. The molecule has 2 aliphatic heterocycles. The van der Waals surface area contributed by atoms with Gasteiger partial charge in [0.05, 0.1) is 6.42 Å². The van der Waals surface area contributed by atoms with Crippen LogP contribution in [-0.2, 0) is 11.2 Å². The van der Waals surface area contributed by atoms with Gasteiger partial charge in [-0.2, -0.15) is 0 Å². The summed E-state index contributed by atoms with van der Waals surface area (Å²) in [6.07, 6.45) is 2.65. The summed E-state index contributed by atoms with van der Waals surface area (Å²) < 4.78 is 16.7. The molecule has 0 saturated carbocycles. The van der Waals surface area contributed by atoms with Crippen LogP contribution in [0.1, 0.15) is 18.4 Å². The first-order valence-corrected chi connectivity index (χ1v) is 9.29. The van der Waals surface area contributed by atoms with E-state index >= 15 is 0 Å². The summed E-state index contributed by atoms with van der Waals surface area (Å²) in [7, 11) is 2.14. The van der Waals surface area contributed by atoms with E-state index in [1.807, 2.05) is 42.5 Å². The van der Waals surface area contributed by atoms with Crippen molar-refractivity contribution in [2.75, 3.05) is 32.2 Å². The third-order valence-corrected chi connectivity index (χ3v) is 4.91. The molecule has 2 aliphatic rings. The molecule has 1 N–H and O–H groups in total. The zero-order chi connectivity index (χ0) is 18.6. The van der Waals surface area contributed by atoms with Crippen molar-refractivity contribution in [3.8, 4) is 17.2 Å². The van der Waals surface area contributed by atoms with Crippen LogP contribution in [0.5, 0.6) is 17.2 Å². The van der Waals surface area contributed by atoms with E-state index in [4.69, 9.17) is 14.2 Å². The Morgan fingerprint density at radius 3 is 2.63 bits per heavy atom. The second-order valence-corrected chi connectivity index (χ2v) is 7.06. The molecule has 6 heteroatoms. The summed E-state index contributed by atoms with van der Waals surface area (Å²) in [6, 6.07) is 13.1. The largest absolute Gasteiger partial charge is 0.490 e. The lowest BCUT2D eigenvalue weighted by molar-refractivity contribution is -0.115. The Kier molecular flexibility index (Phi) is 5.16. The number of carbonyl (C=O) groups excluding carboxylic acids is 1. The van der Waals surface area contributed by atoms with Gasteiger partial charge in [0.1, 0.15) is 11.9 Å². The van der Waals surface area contributed by atoms with Crippen LogP contribution in [0.2, 0.25) is 0 Å². The maximum absolute atomic E-state index is 12.3. The predicted octanol–water partition coefficient (Wildman–Crippen LogP) is 3.07. The number of amides is 1. The lowest BCUT2D eigenvalue weighted by Gasteiger charge is -2.29. The van der Waals surface area contributed by atoms with Gasteiger partial charge in [-0.15, -0.1) is 0 Å². The minimum Gasteiger partial charge on any atom is -0.490 e. The highest BCUT2D eigenvalue weighted by atomic mass is 16.7. The smallest absolute Gasteiger partial charge is 0.231 e. The Morgan fingerprint density at radius 2 is 1.85 bits per heavy atom. The van der Waals surface area contributed by atoms with Crippen molar-refractivity contribution in [1.82, 2.24) is 4.90 Å². The summed E-state index contributed by atoms with van der Waals surface area (Å²) in [6.45, 7) is 2.37. The molecule has 1 fully saturated rings. The fourth-order valence-corrected chi connectivity index (χ4v) is 3.35. The van der Waals surface area contributed by atoms with Crippen molar-refractivity contribution in [3.05, 3.63) is 48.0 Å². The molecule has 2 aromatic carbocycles. The van der Waals surface area contributed by atoms with Gasteiger partial charge < -0.3 is 24.4 Å². The van der Waals surface area contributed by atoms with Crippen molar-refractivity contribution in [2.24, 2.45) is 0 Å². The molecule has 0 radical (unpaired) electrons. The van der Waals surface area contributed by atoms with Crippen molar-refractivity contribution < 1.29 is 19.0 Å². The van der Waals surface area contributed by atoms with E-state index in [9.17, 15) is 4.79 Å². The van der Waals surface area contributed by atoms with Crippen molar-refractivity contribution in [3.63, 3.8) is 0 Å². The van der Waals surface area contributed by atoms with E-state index in [1.165, 1.54) is 0 Å². The number of fused-ring (bicyclic) bond motifs is 1. The van der Waals surface area contributed by atoms with Crippen LogP contribution >= 0.6 is 0 Å². The molecular formula is C21H24N2O4. The molecule has 27 heavy (non-hydrogen) atoms. The van der Waals surface area contributed by atoms with Crippen LogP contribution in [0.15, 0.2) is 42.5 Å². The second kappa shape index (κ2) is 7.88. The average molecular weight is 368 g/mol. The van der Waals surface area contributed by atoms with Crippen LogP contribution in [0, 0.1) is 0 Å². The third kappa shape index (κ3) is 4.52. The quantitative estimate of drug-likeness (QED) is 0.879. The standard InChI is InChI=1S/C21H24N2O4/c1-23-10-8-18(9-11-23)27-17-5-3-16(4-6-17)22-21(24)13-15-2-7-19-20(12-15)26-14-25-19/h2-7,12,18H,8-11,13-14H2,1H3,(H,22,24). The van der Waals surface area contributed by atoms with Crippen LogP contribution in [0.25, 0.3) is 0 Å². The summed E-state index contributed by atoms with van der Waals surface area (Å²) in [5.74, 6) is 2.19. The molecule has 6 nitrogen and oxygen atoms in total. The number of benzene rings is 2. The minimum atomic E-state index is -0.0714. The number of likely N-dealkylation sites (tertiary alicyclic amines) is 1. The highest BCUT2D eigenvalue weighted by Crippen LogP contribution is 2.32. The number of hydrogen-bond acceptors (Lipinski definition) is 5. The van der Waals surface area contributed by atoms with Gasteiger partial charge in [0.2, 0.25) is 12.7 Å². The highest BCUT2D eigenvalue weighted by Gasteiger charge is 2.18. The van der Waals surface area contributed by atoms with Crippen LogP contribution in [0.4, 0.5) is 5.69 Å². The third-order valence-electron chi connectivity index (χ3n) is 4.91. The Hall–Kier alpha value is -2.73. The molecule has 0 aliphatic carbocycles. The van der Waals surface area contributed by atoms with Crippen LogP contribution < -0.4 is 19.5 Å². The zero-order valence-electron chi connectivity index (χ0n) is 15.4. The zero-order valence-corrected chi connectivity index (χ0v) is 15.4. The number of nitrogens with one attached hydrogen (secondary N) is 1. The number of rotatable bonds is 5. The number of carbonyl (C=O) groups is 1. The molecule has 4 rings (SSSR count). The molecule has 0 aromatic heterocycles. The van der Waals surface area contributed by atoms with Crippen molar-refractivity contribution in [2.45, 2.75) is 25.4 Å². The Labute approximate surface area is 159 Å². The highest BCUT2D eigenvalue weighted by molar-refractivity contribution is 5.92. The number of nitrogens with zero attached hydrogens (tertiary/aromatic N) is 1. The SMILES string of the molecule is CN1CCC(Oc2ccc(NC(=O)Cc3ccc4c(c3)OCO4)cc2)CC1. The molecule has 2 aromatic rings. The monoisotopic (exact) mass is 368 g/mol. The molecule has 0 unspecified atom stereocenters. The fourth-order valence-electron chi connectivity index (χ4n) is 3.35. The summed E-state index contributed by atoms with van der Waals surface area (Å²) in [5, 5.41) is 2.92. The second-order valence-electron chi connectivity index (χ2n) is 7.06. The molecule has 142 valence electrons. The Bertz CT molecular complexity index is 798. The van der Waals surface area contributed by atoms with Crippen LogP contribution in [0.3, 0.4) is 0 Å². The molecule has 1 saturated heterocycles. The van der Waals surface area contributed by atoms with Gasteiger partial charge in [-0.25, -0.2) is 0 Å². The molecule has 1 amide bonds. The van der Waals surface area contributed by atoms with Gasteiger partial charge in [0.15, 0.2) is 11.5 Å². The molecule has 0 spiro atoms. The Morgan fingerprint density at radius 1 is 1.11 bits per heavy atom. The van der Waals surface area contributed by atoms with E-state index in [0.29, 0.717) is 5.75 Å². The van der Waals surface area contributed by atoms with E-state index in [0.717, 1.165) is 48.7 Å². The molecule has 2 heterocycles. The topological polar surface area (TPSA) is 60.0 Å². The lowest BCUT2D eigenvalue weighted by Crippen LogP contribution is -2.35. The number of ether oxygens (including phenoxy) is 3. The van der Waals surface area contributed by atoms with Gasteiger partial charge in [-0.3, -0.25) is 4.79 Å². The molecule has 0 bridgehead atoms.